The van der Waals surface area contributed by atoms with E-state index in [0.717, 1.165) is 11.3 Å². The number of carbonyl (C=O) groups is 1. The molecule has 0 unspecified atom stereocenters. The molecule has 1 aromatic heterocycles. The first-order chi connectivity index (χ1) is 8.54. The SMILES string of the molecule is Cc1ccc(Cl)cc1NC(=O)Cc1csc(N)n1. The van der Waals surface area contributed by atoms with Crippen LogP contribution in [0.15, 0.2) is 23.6 Å². The highest BCUT2D eigenvalue weighted by Gasteiger charge is 2.08. The number of amides is 1. The Morgan fingerprint density at radius 3 is 3.00 bits per heavy atom. The Morgan fingerprint density at radius 2 is 2.33 bits per heavy atom. The van der Waals surface area contributed by atoms with E-state index in [1.54, 1.807) is 17.5 Å². The molecule has 0 aliphatic heterocycles. The molecule has 0 spiro atoms. The van der Waals surface area contributed by atoms with Gasteiger partial charge in [-0.1, -0.05) is 17.7 Å². The maximum atomic E-state index is 11.8. The van der Waals surface area contributed by atoms with Crippen LogP contribution in [0.4, 0.5) is 10.8 Å². The van der Waals surface area contributed by atoms with E-state index in [9.17, 15) is 4.79 Å². The van der Waals surface area contributed by atoms with Crippen molar-refractivity contribution in [2.24, 2.45) is 0 Å². The standard InChI is InChI=1S/C12H12ClN3OS/c1-7-2-3-8(13)4-10(7)16-11(17)5-9-6-18-12(14)15-9/h2-4,6H,5H2,1H3,(H2,14,15)(H,16,17). The van der Waals surface area contributed by atoms with Crippen LogP contribution in [-0.4, -0.2) is 10.9 Å². The predicted molar refractivity (Wildman–Crippen MR) is 75.0 cm³/mol. The molecule has 2 rings (SSSR count). The van der Waals surface area contributed by atoms with E-state index >= 15 is 0 Å². The van der Waals surface area contributed by atoms with Crippen molar-refractivity contribution < 1.29 is 4.79 Å². The van der Waals surface area contributed by atoms with Gasteiger partial charge < -0.3 is 11.1 Å². The first kappa shape index (κ1) is 12.9. The lowest BCUT2D eigenvalue weighted by molar-refractivity contribution is -0.115. The van der Waals surface area contributed by atoms with Gasteiger partial charge in [0.25, 0.3) is 0 Å². The molecule has 6 heteroatoms. The van der Waals surface area contributed by atoms with Crippen molar-refractivity contribution in [1.29, 1.82) is 0 Å². The van der Waals surface area contributed by atoms with E-state index in [-0.39, 0.29) is 12.3 Å². The van der Waals surface area contributed by atoms with Crippen molar-refractivity contribution in [3.05, 3.63) is 39.9 Å². The minimum absolute atomic E-state index is 0.134. The van der Waals surface area contributed by atoms with Crippen molar-refractivity contribution >= 4 is 39.7 Å². The fourth-order valence-electron chi connectivity index (χ4n) is 1.49. The van der Waals surface area contributed by atoms with Crippen molar-refractivity contribution in [2.45, 2.75) is 13.3 Å². The number of nitrogens with two attached hydrogens (primary N) is 1. The van der Waals surface area contributed by atoms with Crippen LogP contribution in [0.2, 0.25) is 5.02 Å². The third-order valence-corrected chi connectivity index (χ3v) is 3.34. The largest absolute Gasteiger partial charge is 0.375 e. The summed E-state index contributed by atoms with van der Waals surface area (Å²) in [4.78, 5) is 15.9. The second-order valence-electron chi connectivity index (χ2n) is 3.86. The van der Waals surface area contributed by atoms with E-state index in [2.05, 4.69) is 10.3 Å². The Bertz CT molecular complexity index is 582. The number of carbonyl (C=O) groups excluding carboxylic acids is 1. The van der Waals surface area contributed by atoms with Crippen LogP contribution in [-0.2, 0) is 11.2 Å². The topological polar surface area (TPSA) is 68.0 Å². The molecule has 1 amide bonds. The highest BCUT2D eigenvalue weighted by atomic mass is 35.5. The highest BCUT2D eigenvalue weighted by molar-refractivity contribution is 7.13. The Kier molecular flexibility index (Phi) is 3.84. The number of aryl methyl sites for hydroxylation is 1. The summed E-state index contributed by atoms with van der Waals surface area (Å²) < 4.78 is 0. The van der Waals surface area contributed by atoms with E-state index < -0.39 is 0 Å². The molecule has 0 saturated carbocycles. The van der Waals surface area contributed by atoms with Gasteiger partial charge in [-0.2, -0.15) is 0 Å². The maximum Gasteiger partial charge on any atom is 0.230 e. The molecule has 0 fully saturated rings. The number of nitrogens with one attached hydrogen (secondary N) is 1. The molecule has 0 radical (unpaired) electrons. The number of thiazole rings is 1. The number of nitrogens with zero attached hydrogens (tertiary/aromatic N) is 1. The number of nitrogen functional groups attached to an aromatic ring is 1. The zero-order chi connectivity index (χ0) is 13.1. The first-order valence-electron chi connectivity index (χ1n) is 5.30. The first-order valence-corrected chi connectivity index (χ1v) is 6.56. The molecule has 4 nitrogen and oxygen atoms in total. The Labute approximate surface area is 114 Å². The van der Waals surface area contributed by atoms with E-state index in [0.29, 0.717) is 15.8 Å². The minimum atomic E-state index is -0.134. The lowest BCUT2D eigenvalue weighted by Crippen LogP contribution is -2.15. The fraction of sp³-hybridized carbons (Fsp3) is 0.167. The molecule has 0 aliphatic carbocycles. The van der Waals surface area contributed by atoms with Crippen molar-refractivity contribution in [3.63, 3.8) is 0 Å². The lowest BCUT2D eigenvalue weighted by atomic mass is 10.2. The van der Waals surface area contributed by atoms with Crippen molar-refractivity contribution in [1.82, 2.24) is 4.98 Å². The summed E-state index contributed by atoms with van der Waals surface area (Å²) in [6, 6.07) is 5.37. The van der Waals surface area contributed by atoms with Gasteiger partial charge in [0.1, 0.15) is 0 Å². The van der Waals surface area contributed by atoms with Gasteiger partial charge in [-0.05, 0) is 24.6 Å². The number of hydrogen-bond donors (Lipinski definition) is 2. The Morgan fingerprint density at radius 1 is 1.56 bits per heavy atom. The van der Waals surface area contributed by atoms with Crippen LogP contribution in [0.5, 0.6) is 0 Å². The second-order valence-corrected chi connectivity index (χ2v) is 5.19. The van der Waals surface area contributed by atoms with Crippen LogP contribution in [0.3, 0.4) is 0 Å². The molecule has 3 N–H and O–H groups in total. The number of rotatable bonds is 3. The van der Waals surface area contributed by atoms with Gasteiger partial charge in [0, 0.05) is 16.1 Å². The fourth-order valence-corrected chi connectivity index (χ4v) is 2.23. The third kappa shape index (κ3) is 3.21. The van der Waals surface area contributed by atoms with Crippen LogP contribution in [0.1, 0.15) is 11.3 Å². The van der Waals surface area contributed by atoms with Gasteiger partial charge in [0.05, 0.1) is 12.1 Å². The summed E-state index contributed by atoms with van der Waals surface area (Å²) in [5, 5.41) is 5.65. The number of anilines is 2. The average molecular weight is 282 g/mol. The summed E-state index contributed by atoms with van der Waals surface area (Å²) >= 11 is 7.21. The molecule has 94 valence electrons. The quantitative estimate of drug-likeness (QED) is 0.909. The lowest BCUT2D eigenvalue weighted by Gasteiger charge is -2.07. The van der Waals surface area contributed by atoms with E-state index in [1.165, 1.54) is 11.3 Å². The van der Waals surface area contributed by atoms with Gasteiger partial charge in [0.2, 0.25) is 5.91 Å². The molecule has 1 aromatic carbocycles. The highest BCUT2D eigenvalue weighted by Crippen LogP contribution is 2.20. The van der Waals surface area contributed by atoms with Crippen LogP contribution in [0.25, 0.3) is 0 Å². The molecule has 0 aliphatic rings. The monoisotopic (exact) mass is 281 g/mol. The minimum Gasteiger partial charge on any atom is -0.375 e. The average Bonchev–Trinajstić information content (AvgIpc) is 2.69. The maximum absolute atomic E-state index is 11.8. The summed E-state index contributed by atoms with van der Waals surface area (Å²) in [6.45, 7) is 1.91. The van der Waals surface area contributed by atoms with Crippen LogP contribution < -0.4 is 11.1 Å². The van der Waals surface area contributed by atoms with Gasteiger partial charge >= 0.3 is 0 Å². The van der Waals surface area contributed by atoms with Crippen molar-refractivity contribution in [3.8, 4) is 0 Å². The smallest absolute Gasteiger partial charge is 0.230 e. The predicted octanol–water partition coefficient (Wildman–Crippen LogP) is 2.87. The molecule has 0 bridgehead atoms. The molecule has 18 heavy (non-hydrogen) atoms. The van der Waals surface area contributed by atoms with E-state index in [1.807, 2.05) is 13.0 Å². The Balaban J connectivity index is 2.05. The molecule has 0 atom stereocenters. The molecular weight excluding hydrogens is 270 g/mol. The van der Waals surface area contributed by atoms with Crippen LogP contribution in [0, 0.1) is 6.92 Å². The summed E-state index contributed by atoms with van der Waals surface area (Å²) in [7, 11) is 0. The normalized spacial score (nSPS) is 10.3. The Hall–Kier alpha value is -1.59. The molecule has 2 aromatic rings. The van der Waals surface area contributed by atoms with Gasteiger partial charge in [-0.15, -0.1) is 11.3 Å². The number of benzene rings is 1. The molecular formula is C12H12ClN3OS. The van der Waals surface area contributed by atoms with Crippen LogP contribution >= 0.6 is 22.9 Å². The number of halogens is 1. The summed E-state index contributed by atoms with van der Waals surface area (Å²) in [6.07, 6.45) is 0.208. The number of hydrogen-bond acceptors (Lipinski definition) is 4. The zero-order valence-electron chi connectivity index (χ0n) is 9.74. The second kappa shape index (κ2) is 5.37. The zero-order valence-corrected chi connectivity index (χ0v) is 11.3. The van der Waals surface area contributed by atoms with Gasteiger partial charge in [0.15, 0.2) is 5.13 Å². The van der Waals surface area contributed by atoms with Crippen molar-refractivity contribution in [2.75, 3.05) is 11.1 Å². The van der Waals surface area contributed by atoms with E-state index in [4.69, 9.17) is 17.3 Å². The summed E-state index contributed by atoms with van der Waals surface area (Å²) in [5.41, 5.74) is 7.87. The summed E-state index contributed by atoms with van der Waals surface area (Å²) in [5.74, 6) is -0.134. The van der Waals surface area contributed by atoms with Gasteiger partial charge in [-0.3, -0.25) is 4.79 Å². The molecule has 0 saturated heterocycles. The third-order valence-electron chi connectivity index (χ3n) is 2.38. The number of aromatic nitrogens is 1. The molecule has 1 heterocycles. The van der Waals surface area contributed by atoms with Gasteiger partial charge in [-0.25, -0.2) is 4.98 Å².